The zero-order chi connectivity index (χ0) is 33.6. The van der Waals surface area contributed by atoms with Gasteiger partial charge in [-0.15, -0.1) is 0 Å². The summed E-state index contributed by atoms with van der Waals surface area (Å²) in [6.45, 7) is 4.84. The average Bonchev–Trinajstić information content (AvgIpc) is 3.17. The predicted molar refractivity (Wildman–Crippen MR) is 216 cm³/mol. The van der Waals surface area contributed by atoms with Crippen molar-refractivity contribution in [2.24, 2.45) is 0 Å². The van der Waals surface area contributed by atoms with Crippen molar-refractivity contribution in [2.45, 2.75) is 38.8 Å². The lowest BCUT2D eigenvalue weighted by Gasteiger charge is -2.48. The average molecular weight is 688 g/mol. The number of nitrogens with zero attached hydrogens (tertiary/aromatic N) is 3. The molecule has 0 fully saturated rings. The molecule has 0 atom stereocenters. The van der Waals surface area contributed by atoms with Gasteiger partial charge >= 0.3 is 0 Å². The SMILES string of the molecule is CC1(C)c2ccccc2N(c2cc3c4c(c2)N2c5ccccc5Sc5cccc(c52)B4c2cccc4c2N3c2ccccc2S4)c2ccccc21. The van der Waals surface area contributed by atoms with Gasteiger partial charge in [-0.3, -0.25) is 0 Å². The van der Waals surface area contributed by atoms with Crippen LogP contribution in [-0.4, -0.2) is 6.71 Å². The first-order valence-electron chi connectivity index (χ1n) is 17.6. The van der Waals surface area contributed by atoms with Gasteiger partial charge < -0.3 is 14.7 Å². The summed E-state index contributed by atoms with van der Waals surface area (Å²) in [5, 5.41) is 0. The molecule has 0 unspecified atom stereocenters. The van der Waals surface area contributed by atoms with Gasteiger partial charge in [0.15, 0.2) is 0 Å². The molecule has 0 spiro atoms. The Bertz CT molecular complexity index is 2510. The van der Waals surface area contributed by atoms with Gasteiger partial charge in [0.05, 0.1) is 39.8 Å². The van der Waals surface area contributed by atoms with Gasteiger partial charge in [-0.1, -0.05) is 122 Å². The molecule has 7 aromatic rings. The lowest BCUT2D eigenvalue weighted by molar-refractivity contribution is 0.632. The normalized spacial score (nSPS) is 15.9. The molecule has 0 aromatic heterocycles. The molecule has 0 N–H and O–H groups in total. The van der Waals surface area contributed by atoms with Crippen molar-refractivity contribution in [1.29, 1.82) is 0 Å². The molecule has 51 heavy (non-hydrogen) atoms. The van der Waals surface area contributed by atoms with E-state index in [2.05, 4.69) is 174 Å². The van der Waals surface area contributed by atoms with Crippen LogP contribution in [0.15, 0.2) is 165 Å². The van der Waals surface area contributed by atoms with Crippen LogP contribution in [0.4, 0.5) is 51.2 Å². The number of hydrogen-bond donors (Lipinski definition) is 0. The Morgan fingerprint density at radius 3 is 1.37 bits per heavy atom. The number of rotatable bonds is 1. The maximum absolute atomic E-state index is 2.58. The van der Waals surface area contributed by atoms with Gasteiger partial charge in [-0.25, -0.2) is 0 Å². The van der Waals surface area contributed by atoms with Gasteiger partial charge in [0, 0.05) is 36.4 Å². The van der Waals surface area contributed by atoms with Gasteiger partial charge in [0.25, 0.3) is 6.71 Å². The van der Waals surface area contributed by atoms with E-state index in [0.717, 1.165) is 0 Å². The third kappa shape index (κ3) is 3.59. The molecule has 0 saturated heterocycles. The highest BCUT2D eigenvalue weighted by Gasteiger charge is 2.48. The van der Waals surface area contributed by atoms with E-state index < -0.39 is 0 Å². The van der Waals surface area contributed by atoms with Gasteiger partial charge in [0.2, 0.25) is 0 Å². The molecule has 240 valence electrons. The van der Waals surface area contributed by atoms with E-state index in [-0.39, 0.29) is 12.1 Å². The number of hydrogen-bond acceptors (Lipinski definition) is 5. The van der Waals surface area contributed by atoms with Crippen molar-refractivity contribution >= 4 is 97.8 Å². The van der Waals surface area contributed by atoms with Gasteiger partial charge in [-0.2, -0.15) is 0 Å². The van der Waals surface area contributed by atoms with Gasteiger partial charge in [-0.05, 0) is 88.2 Å². The summed E-state index contributed by atoms with van der Waals surface area (Å²) in [6, 6.07) is 54.8. The third-order valence-electron chi connectivity index (χ3n) is 11.6. The smallest absolute Gasteiger partial charge is 0.252 e. The molecule has 6 heteroatoms. The maximum atomic E-state index is 2.58. The van der Waals surface area contributed by atoms with Crippen LogP contribution in [0, 0.1) is 0 Å². The molecule has 3 nitrogen and oxygen atoms in total. The monoisotopic (exact) mass is 687 g/mol. The minimum atomic E-state index is -0.134. The van der Waals surface area contributed by atoms with E-state index in [1.807, 2.05) is 23.5 Å². The van der Waals surface area contributed by atoms with Gasteiger partial charge in [0.1, 0.15) is 0 Å². The number of anilines is 9. The number of para-hydroxylation sites is 6. The molecule has 0 saturated carbocycles. The molecule has 7 aromatic carbocycles. The Kier molecular flexibility index (Phi) is 5.53. The second-order valence-corrected chi connectivity index (χ2v) is 16.7. The second kappa shape index (κ2) is 9.94. The van der Waals surface area contributed by atoms with E-state index in [1.165, 1.54) is 98.3 Å². The Hall–Kier alpha value is -5.30. The first-order valence-corrected chi connectivity index (χ1v) is 19.3. The molecule has 0 amide bonds. The fourth-order valence-corrected chi connectivity index (χ4v) is 11.7. The van der Waals surface area contributed by atoms with E-state index in [4.69, 9.17) is 0 Å². The molecule has 12 rings (SSSR count). The highest BCUT2D eigenvalue weighted by molar-refractivity contribution is 8.00. The summed E-state index contributed by atoms with van der Waals surface area (Å²) in [7, 11) is 0. The standard InChI is InChI=1S/C45H30BN3S2/c1-45(2)28-13-3-5-17-32(28)47(33-18-6-4-14-29(33)45)27-25-36-42-37(26-27)49-35-20-8-10-22-39(35)51-41-24-12-16-31(44(41)49)46(42)30-15-11-23-40-43(30)48(36)34-19-7-9-21-38(34)50-40/h3-26H,1-2H3. The topological polar surface area (TPSA) is 9.72 Å². The first-order chi connectivity index (χ1) is 25.1. The van der Waals surface area contributed by atoms with E-state index in [0.29, 0.717) is 0 Å². The van der Waals surface area contributed by atoms with E-state index in [1.54, 1.807) is 0 Å². The summed E-state index contributed by atoms with van der Waals surface area (Å²) in [6.07, 6.45) is 0. The first kappa shape index (κ1) is 28.4. The van der Waals surface area contributed by atoms with Crippen LogP contribution in [0.3, 0.4) is 0 Å². The largest absolute Gasteiger partial charge is 0.310 e. The second-order valence-electron chi connectivity index (χ2n) is 14.5. The highest BCUT2D eigenvalue weighted by atomic mass is 32.2. The lowest BCUT2D eigenvalue weighted by Crippen LogP contribution is -2.62. The van der Waals surface area contributed by atoms with Crippen molar-refractivity contribution in [3.63, 3.8) is 0 Å². The van der Waals surface area contributed by atoms with Crippen LogP contribution in [0.2, 0.25) is 0 Å². The Labute approximate surface area is 306 Å². The van der Waals surface area contributed by atoms with Crippen molar-refractivity contribution in [1.82, 2.24) is 0 Å². The summed E-state index contributed by atoms with van der Waals surface area (Å²) in [5.74, 6) is 0. The zero-order valence-corrected chi connectivity index (χ0v) is 29.7. The quantitative estimate of drug-likeness (QED) is 0.159. The Morgan fingerprint density at radius 1 is 0.431 bits per heavy atom. The number of benzene rings is 7. The van der Waals surface area contributed by atoms with Crippen molar-refractivity contribution in [3.8, 4) is 0 Å². The molecular formula is C45H30BN3S2. The third-order valence-corrected chi connectivity index (χ3v) is 13.8. The maximum Gasteiger partial charge on any atom is 0.252 e. The highest BCUT2D eigenvalue weighted by Crippen LogP contribution is 2.59. The van der Waals surface area contributed by atoms with Crippen LogP contribution in [0.25, 0.3) is 0 Å². The van der Waals surface area contributed by atoms with Crippen molar-refractivity contribution in [3.05, 3.63) is 157 Å². The summed E-state index contributed by atoms with van der Waals surface area (Å²) < 4.78 is 0. The van der Waals surface area contributed by atoms with Crippen LogP contribution in [0.1, 0.15) is 25.0 Å². The molecule has 0 aliphatic carbocycles. The fourth-order valence-electron chi connectivity index (χ4n) is 9.45. The Balaban J connectivity index is 1.23. The minimum absolute atomic E-state index is 0.109. The fraction of sp³-hybridized carbons (Fsp3) is 0.0667. The number of fused-ring (bicyclic) bond motifs is 10. The molecule has 5 aliphatic rings. The van der Waals surface area contributed by atoms with Crippen LogP contribution in [0.5, 0.6) is 0 Å². The zero-order valence-electron chi connectivity index (χ0n) is 28.1. The molecule has 0 bridgehead atoms. The van der Waals surface area contributed by atoms with E-state index >= 15 is 0 Å². The summed E-state index contributed by atoms with van der Waals surface area (Å²) in [4.78, 5) is 12.9. The summed E-state index contributed by atoms with van der Waals surface area (Å²) >= 11 is 3.79. The van der Waals surface area contributed by atoms with Crippen LogP contribution in [-0.2, 0) is 5.41 Å². The Morgan fingerprint density at radius 2 is 0.863 bits per heavy atom. The molecule has 5 aliphatic heterocycles. The lowest BCUT2D eigenvalue weighted by atomic mass is 9.33. The van der Waals surface area contributed by atoms with E-state index in [9.17, 15) is 0 Å². The van der Waals surface area contributed by atoms with Crippen LogP contribution >= 0.6 is 23.5 Å². The molecule has 0 radical (unpaired) electrons. The predicted octanol–water partition coefficient (Wildman–Crippen LogP) is 10.8. The molecular weight excluding hydrogens is 657 g/mol. The van der Waals surface area contributed by atoms with Crippen molar-refractivity contribution in [2.75, 3.05) is 14.7 Å². The van der Waals surface area contributed by atoms with Crippen LogP contribution < -0.4 is 31.1 Å². The molecule has 5 heterocycles. The summed E-state index contributed by atoms with van der Waals surface area (Å²) in [5.41, 5.74) is 18.0. The van der Waals surface area contributed by atoms with Crippen molar-refractivity contribution < 1.29 is 0 Å². The minimum Gasteiger partial charge on any atom is -0.310 e.